The molecule has 1 heterocycles. The van der Waals surface area contributed by atoms with Crippen LogP contribution in [0.5, 0.6) is 0 Å². The predicted octanol–water partition coefficient (Wildman–Crippen LogP) is 3.74. The van der Waals surface area contributed by atoms with Crippen molar-refractivity contribution in [1.29, 1.82) is 0 Å². The van der Waals surface area contributed by atoms with Crippen LogP contribution in [0.2, 0.25) is 0 Å². The Hall–Kier alpha value is -1.96. The minimum absolute atomic E-state index is 0.141. The zero-order chi connectivity index (χ0) is 14.0. The van der Waals surface area contributed by atoms with Crippen LogP contribution in [0, 0.1) is 27.7 Å². The van der Waals surface area contributed by atoms with Crippen LogP contribution >= 0.6 is 0 Å². The number of aromatic nitrogens is 1. The van der Waals surface area contributed by atoms with Gasteiger partial charge in [-0.2, -0.15) is 0 Å². The van der Waals surface area contributed by atoms with Crippen molar-refractivity contribution in [2.75, 3.05) is 0 Å². The molecule has 0 unspecified atom stereocenters. The van der Waals surface area contributed by atoms with Gasteiger partial charge in [0.25, 0.3) is 0 Å². The molecular weight excluding hydrogens is 234 g/mol. The predicted molar refractivity (Wildman–Crippen MR) is 77.7 cm³/mol. The molecule has 0 radical (unpaired) electrons. The van der Waals surface area contributed by atoms with Crippen LogP contribution in [0.15, 0.2) is 30.3 Å². The molecule has 0 amide bonds. The highest BCUT2D eigenvalue weighted by atomic mass is 16.1. The van der Waals surface area contributed by atoms with Crippen molar-refractivity contribution in [3.8, 4) is 0 Å². The second-order valence-corrected chi connectivity index (χ2v) is 5.06. The van der Waals surface area contributed by atoms with E-state index in [2.05, 4.69) is 31.0 Å². The summed E-state index contributed by atoms with van der Waals surface area (Å²) in [4.78, 5) is 16.8. The lowest BCUT2D eigenvalue weighted by atomic mass is 9.95. The number of ketones is 1. The number of Topliss-reactive ketones (excluding diaryl/α,β-unsaturated/α-hetero) is 1. The smallest absolute Gasteiger partial charge is 0.169 e. The van der Waals surface area contributed by atoms with Gasteiger partial charge in [-0.05, 0) is 56.5 Å². The third-order valence-corrected chi connectivity index (χ3v) is 3.51. The minimum Gasteiger partial charge on any atom is -0.294 e. The molecule has 0 N–H and O–H groups in total. The first kappa shape index (κ1) is 13.5. The average Bonchev–Trinajstić information content (AvgIpc) is 2.33. The molecule has 1 aromatic carbocycles. The Labute approximate surface area is 114 Å². The van der Waals surface area contributed by atoms with Crippen molar-refractivity contribution >= 4 is 5.78 Å². The zero-order valence-corrected chi connectivity index (χ0v) is 11.9. The Balaban J connectivity index is 2.31. The number of carbonyl (C=O) groups excluding carboxylic acids is 1. The fourth-order valence-corrected chi connectivity index (χ4v) is 2.36. The van der Waals surface area contributed by atoms with Gasteiger partial charge in [-0.3, -0.25) is 9.78 Å². The second kappa shape index (κ2) is 5.35. The van der Waals surface area contributed by atoms with E-state index in [1.807, 2.05) is 32.0 Å². The molecule has 98 valence electrons. The lowest BCUT2D eigenvalue weighted by Crippen LogP contribution is -2.09. The summed E-state index contributed by atoms with van der Waals surface area (Å²) in [6.07, 6.45) is 0.448. The SMILES string of the molecule is Cc1ccc(C(=O)Cc2c(C)cccc2C)c(C)n1. The molecule has 0 atom stereocenters. The summed E-state index contributed by atoms with van der Waals surface area (Å²) in [7, 11) is 0. The van der Waals surface area contributed by atoms with Gasteiger partial charge in [-0.15, -0.1) is 0 Å². The average molecular weight is 253 g/mol. The number of benzene rings is 1. The van der Waals surface area contributed by atoms with Gasteiger partial charge in [-0.25, -0.2) is 0 Å². The van der Waals surface area contributed by atoms with Crippen LogP contribution in [0.4, 0.5) is 0 Å². The lowest BCUT2D eigenvalue weighted by Gasteiger charge is -2.10. The standard InChI is InChI=1S/C17H19NO/c1-11-6-5-7-12(2)16(11)10-17(19)15-9-8-13(3)18-14(15)4/h5-9H,10H2,1-4H3. The van der Waals surface area contributed by atoms with Crippen LogP contribution in [0.25, 0.3) is 0 Å². The summed E-state index contributed by atoms with van der Waals surface area (Å²) in [5.41, 5.74) is 5.97. The molecule has 0 aliphatic heterocycles. The summed E-state index contributed by atoms with van der Waals surface area (Å²) in [6, 6.07) is 9.90. The van der Waals surface area contributed by atoms with Crippen molar-refractivity contribution in [2.24, 2.45) is 0 Å². The first-order valence-electron chi connectivity index (χ1n) is 6.51. The van der Waals surface area contributed by atoms with Crippen molar-refractivity contribution in [2.45, 2.75) is 34.1 Å². The molecule has 0 aliphatic carbocycles. The topological polar surface area (TPSA) is 30.0 Å². The molecule has 2 heteroatoms. The van der Waals surface area contributed by atoms with E-state index < -0.39 is 0 Å². The molecule has 0 fully saturated rings. The van der Waals surface area contributed by atoms with Gasteiger partial charge in [0.15, 0.2) is 5.78 Å². The highest BCUT2D eigenvalue weighted by Crippen LogP contribution is 2.17. The van der Waals surface area contributed by atoms with E-state index in [9.17, 15) is 4.79 Å². The fraction of sp³-hybridized carbons (Fsp3) is 0.294. The molecule has 0 saturated carbocycles. The number of pyridine rings is 1. The number of carbonyl (C=O) groups is 1. The number of nitrogens with zero attached hydrogens (tertiary/aromatic N) is 1. The van der Waals surface area contributed by atoms with E-state index in [-0.39, 0.29) is 5.78 Å². The maximum Gasteiger partial charge on any atom is 0.169 e. The van der Waals surface area contributed by atoms with E-state index >= 15 is 0 Å². The van der Waals surface area contributed by atoms with Crippen LogP contribution in [-0.4, -0.2) is 10.8 Å². The van der Waals surface area contributed by atoms with Crippen LogP contribution in [-0.2, 0) is 6.42 Å². The number of hydrogen-bond acceptors (Lipinski definition) is 2. The molecule has 0 saturated heterocycles. The Kier molecular flexibility index (Phi) is 3.79. The molecule has 0 bridgehead atoms. The van der Waals surface area contributed by atoms with Gasteiger partial charge in [0.1, 0.15) is 0 Å². The van der Waals surface area contributed by atoms with E-state index in [1.54, 1.807) is 0 Å². The van der Waals surface area contributed by atoms with Gasteiger partial charge in [0.2, 0.25) is 0 Å². The first-order valence-corrected chi connectivity index (χ1v) is 6.51. The summed E-state index contributed by atoms with van der Waals surface area (Å²) in [5.74, 6) is 0.141. The summed E-state index contributed by atoms with van der Waals surface area (Å²) in [6.45, 7) is 7.93. The highest BCUT2D eigenvalue weighted by Gasteiger charge is 2.13. The molecule has 2 aromatic rings. The molecule has 1 aromatic heterocycles. The number of hydrogen-bond donors (Lipinski definition) is 0. The molecule has 2 rings (SSSR count). The van der Waals surface area contributed by atoms with Gasteiger partial charge >= 0.3 is 0 Å². The molecule has 2 nitrogen and oxygen atoms in total. The van der Waals surface area contributed by atoms with Crippen LogP contribution < -0.4 is 0 Å². The fourth-order valence-electron chi connectivity index (χ4n) is 2.36. The number of aryl methyl sites for hydroxylation is 4. The highest BCUT2D eigenvalue weighted by molar-refractivity contribution is 5.98. The van der Waals surface area contributed by atoms with E-state index in [0.717, 1.165) is 22.5 Å². The molecule has 19 heavy (non-hydrogen) atoms. The largest absolute Gasteiger partial charge is 0.294 e. The van der Waals surface area contributed by atoms with E-state index in [0.29, 0.717) is 6.42 Å². The first-order chi connectivity index (χ1) is 8.99. The van der Waals surface area contributed by atoms with Crippen LogP contribution in [0.1, 0.15) is 38.4 Å². The van der Waals surface area contributed by atoms with E-state index in [4.69, 9.17) is 0 Å². The van der Waals surface area contributed by atoms with Gasteiger partial charge < -0.3 is 0 Å². The molecular formula is C17H19NO. The molecule has 0 aliphatic rings. The lowest BCUT2D eigenvalue weighted by molar-refractivity contribution is 0.0991. The van der Waals surface area contributed by atoms with Crippen molar-refractivity contribution in [3.63, 3.8) is 0 Å². The van der Waals surface area contributed by atoms with E-state index in [1.165, 1.54) is 11.1 Å². The third-order valence-electron chi connectivity index (χ3n) is 3.51. The van der Waals surface area contributed by atoms with Gasteiger partial charge in [0, 0.05) is 23.4 Å². The quantitative estimate of drug-likeness (QED) is 0.780. The normalized spacial score (nSPS) is 10.5. The molecule has 0 spiro atoms. The van der Waals surface area contributed by atoms with Crippen molar-refractivity contribution in [1.82, 2.24) is 4.98 Å². The Bertz CT molecular complexity index is 609. The second-order valence-electron chi connectivity index (χ2n) is 5.06. The van der Waals surface area contributed by atoms with Gasteiger partial charge in [0.05, 0.1) is 0 Å². The van der Waals surface area contributed by atoms with Crippen LogP contribution in [0.3, 0.4) is 0 Å². The summed E-state index contributed by atoms with van der Waals surface area (Å²) in [5, 5.41) is 0. The Morgan fingerprint density at radius 3 is 2.21 bits per heavy atom. The summed E-state index contributed by atoms with van der Waals surface area (Å²) < 4.78 is 0. The third kappa shape index (κ3) is 2.90. The van der Waals surface area contributed by atoms with Crippen molar-refractivity contribution in [3.05, 3.63) is 64.0 Å². The monoisotopic (exact) mass is 253 g/mol. The Morgan fingerprint density at radius 1 is 1.00 bits per heavy atom. The maximum absolute atomic E-state index is 12.4. The van der Waals surface area contributed by atoms with Gasteiger partial charge in [-0.1, -0.05) is 18.2 Å². The number of rotatable bonds is 3. The maximum atomic E-state index is 12.4. The Morgan fingerprint density at radius 2 is 1.63 bits per heavy atom. The summed E-state index contributed by atoms with van der Waals surface area (Å²) >= 11 is 0. The van der Waals surface area contributed by atoms with Crippen molar-refractivity contribution < 1.29 is 4.79 Å². The zero-order valence-electron chi connectivity index (χ0n) is 11.9. The minimum atomic E-state index is 0.141.